The van der Waals surface area contributed by atoms with Gasteiger partial charge in [-0.15, -0.1) is 0 Å². The fourth-order valence-corrected chi connectivity index (χ4v) is 3.35. The lowest BCUT2D eigenvalue weighted by molar-refractivity contribution is 0.132. The summed E-state index contributed by atoms with van der Waals surface area (Å²) >= 11 is 0. The van der Waals surface area contributed by atoms with Gasteiger partial charge in [-0.1, -0.05) is 36.4 Å². The van der Waals surface area contributed by atoms with Crippen molar-refractivity contribution in [3.05, 3.63) is 59.7 Å². The third-order valence-electron chi connectivity index (χ3n) is 4.83. The van der Waals surface area contributed by atoms with Crippen LogP contribution in [-0.4, -0.2) is 18.2 Å². The Hall–Kier alpha value is -2.69. The fourth-order valence-electron chi connectivity index (χ4n) is 3.35. The summed E-state index contributed by atoms with van der Waals surface area (Å²) < 4.78 is 5.30. The molecule has 5 nitrogen and oxygen atoms in total. The van der Waals surface area contributed by atoms with Gasteiger partial charge in [0.1, 0.15) is 6.61 Å². The van der Waals surface area contributed by atoms with Crippen molar-refractivity contribution in [3.8, 4) is 0 Å². The summed E-state index contributed by atoms with van der Waals surface area (Å²) in [5.74, 6) is 0. The predicted octanol–water partition coefficient (Wildman–Crippen LogP) is 4.23. The molecule has 3 rings (SSSR count). The molecule has 2 aromatic rings. The highest BCUT2D eigenvalue weighted by molar-refractivity contribution is 5.68. The number of hydrogen-bond acceptors (Lipinski definition) is 4. The molecule has 0 heterocycles. The Morgan fingerprint density at radius 1 is 1.08 bits per heavy atom. The van der Waals surface area contributed by atoms with Crippen LogP contribution in [0.15, 0.2) is 48.5 Å². The number of nitrogens with two attached hydrogens (primary N) is 1. The van der Waals surface area contributed by atoms with E-state index in [1.54, 1.807) is 0 Å². The van der Waals surface area contributed by atoms with E-state index in [2.05, 4.69) is 16.7 Å². The molecule has 1 fully saturated rings. The second kappa shape index (κ2) is 8.61. The van der Waals surface area contributed by atoms with E-state index in [1.165, 1.54) is 0 Å². The number of amides is 1. The second-order valence-corrected chi connectivity index (χ2v) is 6.99. The highest BCUT2D eigenvalue weighted by atomic mass is 16.5. The molecule has 2 aromatic carbocycles. The summed E-state index contributed by atoms with van der Waals surface area (Å²) in [6, 6.07) is 16.4. The van der Waals surface area contributed by atoms with Crippen molar-refractivity contribution in [3.63, 3.8) is 0 Å². The molecule has 4 N–H and O–H groups in total. The molecule has 1 aliphatic carbocycles. The Kier molecular flexibility index (Phi) is 6.00. The number of rotatable bonds is 5. The van der Waals surface area contributed by atoms with Gasteiger partial charge in [0.15, 0.2) is 0 Å². The quantitative estimate of drug-likeness (QED) is 0.703. The molecule has 5 heteroatoms. The van der Waals surface area contributed by atoms with Gasteiger partial charge in [-0.3, -0.25) is 0 Å². The van der Waals surface area contributed by atoms with E-state index in [0.29, 0.717) is 12.6 Å². The maximum atomic E-state index is 12.0. The van der Waals surface area contributed by atoms with E-state index >= 15 is 0 Å². The van der Waals surface area contributed by atoms with E-state index in [-0.39, 0.29) is 12.1 Å². The Balaban J connectivity index is 1.40. The number of hydrogen-bond donors (Lipinski definition) is 3. The van der Waals surface area contributed by atoms with Crippen LogP contribution < -0.4 is 16.4 Å². The summed E-state index contributed by atoms with van der Waals surface area (Å²) in [5.41, 5.74) is 10.0. The van der Waals surface area contributed by atoms with Crippen LogP contribution in [0.2, 0.25) is 0 Å². The summed E-state index contributed by atoms with van der Waals surface area (Å²) in [5, 5.41) is 6.51. The number of aryl methyl sites for hydroxylation is 1. The largest absolute Gasteiger partial charge is 0.445 e. The fraction of sp³-hybridized carbons (Fsp3) is 0.381. The third-order valence-corrected chi connectivity index (χ3v) is 4.83. The van der Waals surface area contributed by atoms with Crippen LogP contribution in [0.1, 0.15) is 36.8 Å². The molecular formula is C21H27N3O2. The monoisotopic (exact) mass is 353 g/mol. The summed E-state index contributed by atoms with van der Waals surface area (Å²) in [7, 11) is 0. The smallest absolute Gasteiger partial charge is 0.407 e. The third kappa shape index (κ3) is 5.15. The lowest BCUT2D eigenvalue weighted by atomic mass is 9.91. The minimum Gasteiger partial charge on any atom is -0.445 e. The number of benzene rings is 2. The number of nitrogens with one attached hydrogen (secondary N) is 2. The number of carbonyl (C=O) groups is 1. The zero-order valence-corrected chi connectivity index (χ0v) is 15.2. The van der Waals surface area contributed by atoms with Crippen LogP contribution in [0.3, 0.4) is 0 Å². The van der Waals surface area contributed by atoms with E-state index in [0.717, 1.165) is 48.2 Å². The number of anilines is 2. The average molecular weight is 353 g/mol. The number of nitrogen functional groups attached to an aromatic ring is 1. The normalized spacial score (nSPS) is 19.6. The van der Waals surface area contributed by atoms with Gasteiger partial charge in [0.2, 0.25) is 0 Å². The van der Waals surface area contributed by atoms with Crippen molar-refractivity contribution in [2.75, 3.05) is 11.1 Å². The van der Waals surface area contributed by atoms with E-state index < -0.39 is 0 Å². The number of alkyl carbamates (subject to hydrolysis) is 1. The number of ether oxygens (including phenoxy) is 1. The molecule has 26 heavy (non-hydrogen) atoms. The van der Waals surface area contributed by atoms with Crippen LogP contribution in [0, 0.1) is 6.92 Å². The van der Waals surface area contributed by atoms with E-state index in [4.69, 9.17) is 10.5 Å². The van der Waals surface area contributed by atoms with Gasteiger partial charge in [0.25, 0.3) is 0 Å². The first-order valence-corrected chi connectivity index (χ1v) is 9.20. The van der Waals surface area contributed by atoms with Gasteiger partial charge in [0, 0.05) is 12.1 Å². The van der Waals surface area contributed by atoms with Crippen LogP contribution in [0.4, 0.5) is 16.2 Å². The lowest BCUT2D eigenvalue weighted by Crippen LogP contribution is -2.40. The molecular weight excluding hydrogens is 326 g/mol. The van der Waals surface area contributed by atoms with Gasteiger partial charge >= 0.3 is 6.09 Å². The Bertz CT molecular complexity index is 725. The second-order valence-electron chi connectivity index (χ2n) is 6.99. The molecule has 1 amide bonds. The van der Waals surface area contributed by atoms with Crippen molar-refractivity contribution in [1.29, 1.82) is 0 Å². The van der Waals surface area contributed by atoms with Crippen molar-refractivity contribution in [2.45, 2.75) is 51.3 Å². The topological polar surface area (TPSA) is 76.4 Å². The maximum Gasteiger partial charge on any atom is 0.407 e. The van der Waals surface area contributed by atoms with Crippen molar-refractivity contribution in [2.24, 2.45) is 0 Å². The molecule has 1 saturated carbocycles. The molecule has 0 radical (unpaired) electrons. The van der Waals surface area contributed by atoms with Crippen molar-refractivity contribution >= 4 is 17.5 Å². The van der Waals surface area contributed by atoms with Gasteiger partial charge in [0.05, 0.1) is 11.4 Å². The maximum absolute atomic E-state index is 12.0. The van der Waals surface area contributed by atoms with Gasteiger partial charge in [-0.05, 0) is 55.9 Å². The van der Waals surface area contributed by atoms with Crippen LogP contribution in [-0.2, 0) is 11.3 Å². The minimum atomic E-state index is -0.340. The number of carbonyl (C=O) groups excluding carboxylic acids is 1. The average Bonchev–Trinajstić information content (AvgIpc) is 2.65. The molecule has 0 spiro atoms. The summed E-state index contributed by atoms with van der Waals surface area (Å²) in [6.07, 6.45) is 3.52. The molecule has 0 saturated heterocycles. The van der Waals surface area contributed by atoms with Gasteiger partial charge in [-0.2, -0.15) is 0 Å². The van der Waals surface area contributed by atoms with Crippen molar-refractivity contribution in [1.82, 2.24) is 5.32 Å². The van der Waals surface area contributed by atoms with E-state index in [1.807, 2.05) is 49.4 Å². The molecule has 0 unspecified atom stereocenters. The molecule has 0 atom stereocenters. The molecule has 0 aromatic heterocycles. The molecule has 0 aliphatic heterocycles. The highest BCUT2D eigenvalue weighted by Gasteiger charge is 2.23. The van der Waals surface area contributed by atoms with Crippen LogP contribution in [0.5, 0.6) is 0 Å². The first kappa shape index (κ1) is 18.1. The highest BCUT2D eigenvalue weighted by Crippen LogP contribution is 2.26. The van der Waals surface area contributed by atoms with Gasteiger partial charge < -0.3 is 21.1 Å². The minimum absolute atomic E-state index is 0.173. The Morgan fingerprint density at radius 2 is 1.77 bits per heavy atom. The Labute approximate surface area is 154 Å². The molecule has 138 valence electrons. The van der Waals surface area contributed by atoms with E-state index in [9.17, 15) is 4.79 Å². The zero-order chi connectivity index (χ0) is 18.4. The molecule has 0 bridgehead atoms. The predicted molar refractivity (Wildman–Crippen MR) is 105 cm³/mol. The Morgan fingerprint density at radius 3 is 2.46 bits per heavy atom. The van der Waals surface area contributed by atoms with Crippen molar-refractivity contribution < 1.29 is 9.53 Å². The zero-order valence-electron chi connectivity index (χ0n) is 15.2. The van der Waals surface area contributed by atoms with Gasteiger partial charge in [-0.25, -0.2) is 4.79 Å². The molecule has 1 aliphatic rings. The summed E-state index contributed by atoms with van der Waals surface area (Å²) in [4.78, 5) is 12.0. The first-order valence-electron chi connectivity index (χ1n) is 9.20. The summed E-state index contributed by atoms with van der Waals surface area (Å²) in [6.45, 7) is 2.34. The van der Waals surface area contributed by atoms with Crippen LogP contribution >= 0.6 is 0 Å². The van der Waals surface area contributed by atoms with Crippen LogP contribution in [0.25, 0.3) is 0 Å². The standard InChI is InChI=1S/C21H27N3O2/c1-15-7-12-20(19(22)13-15)23-17-8-10-18(11-9-17)24-21(25)26-14-16-5-3-2-4-6-16/h2-7,12-13,17-18,23H,8-11,14,22H2,1H3,(H,24,25). The first-order chi connectivity index (χ1) is 12.6. The SMILES string of the molecule is Cc1ccc(NC2CCC(NC(=O)OCc3ccccc3)CC2)c(N)c1. The lowest BCUT2D eigenvalue weighted by Gasteiger charge is -2.30.